The van der Waals surface area contributed by atoms with Crippen LogP contribution in [0.25, 0.3) is 0 Å². The Hall–Kier alpha value is -2.10. The summed E-state index contributed by atoms with van der Waals surface area (Å²) in [5, 5.41) is 7.26. The second-order valence-electron chi connectivity index (χ2n) is 4.59. The molecule has 0 unspecified atom stereocenters. The van der Waals surface area contributed by atoms with Crippen LogP contribution in [0.2, 0.25) is 0 Å². The monoisotopic (exact) mass is 335 g/mol. The first kappa shape index (κ1) is 16.3. The lowest BCUT2D eigenvalue weighted by molar-refractivity contribution is -0.274. The van der Waals surface area contributed by atoms with Crippen LogP contribution < -0.4 is 4.74 Å². The number of hydrogen-bond donors (Lipinski definition) is 0. The summed E-state index contributed by atoms with van der Waals surface area (Å²) in [6.45, 7) is 1.40. The molecule has 2 aromatic rings. The Labute approximate surface area is 124 Å². The van der Waals surface area contributed by atoms with Crippen molar-refractivity contribution in [3.05, 3.63) is 35.9 Å². The first-order chi connectivity index (χ1) is 10.1. The largest absolute Gasteiger partial charge is 0.573 e. The molecule has 0 amide bonds. The molecule has 0 aliphatic carbocycles. The van der Waals surface area contributed by atoms with Crippen molar-refractivity contribution < 1.29 is 26.3 Å². The van der Waals surface area contributed by atoms with Crippen LogP contribution in [-0.4, -0.2) is 29.5 Å². The number of alkyl halides is 3. The lowest BCUT2D eigenvalue weighted by Crippen LogP contribution is -2.17. The molecule has 6 nitrogen and oxygen atoms in total. The van der Waals surface area contributed by atoms with Gasteiger partial charge in [-0.15, -0.1) is 23.4 Å². The predicted octanol–water partition coefficient (Wildman–Crippen LogP) is 2.00. The topological polar surface area (TPSA) is 74.1 Å². The number of hydrogen-bond acceptors (Lipinski definition) is 5. The lowest BCUT2D eigenvalue weighted by Gasteiger charge is -2.12. The number of nitrogens with zero attached hydrogens (tertiary/aromatic N) is 3. The van der Waals surface area contributed by atoms with Crippen molar-refractivity contribution in [2.45, 2.75) is 23.9 Å². The number of benzene rings is 1. The zero-order valence-corrected chi connectivity index (χ0v) is 12.4. The van der Waals surface area contributed by atoms with E-state index in [1.807, 2.05) is 0 Å². The number of aryl methyl sites for hydroxylation is 2. The molecule has 0 saturated carbocycles. The van der Waals surface area contributed by atoms with Crippen molar-refractivity contribution in [3.8, 4) is 5.75 Å². The Balaban J connectivity index is 2.30. The first-order valence-electron chi connectivity index (χ1n) is 6.00. The van der Waals surface area contributed by atoms with Gasteiger partial charge in [0, 0.05) is 7.05 Å². The average Bonchev–Trinajstić information content (AvgIpc) is 2.71. The molecule has 0 radical (unpaired) electrons. The Morgan fingerprint density at radius 3 is 2.50 bits per heavy atom. The summed E-state index contributed by atoms with van der Waals surface area (Å²) in [6.07, 6.45) is -3.47. The standard InChI is InChI=1S/C12H12F3N3O3S/c1-8-5-9(21-12(13,14)15)3-4-10(8)22(19,20)6-11-17-16-7-18(11)2/h3-5,7H,6H2,1-2H3. The summed E-state index contributed by atoms with van der Waals surface area (Å²) in [5.41, 5.74) is 0.156. The van der Waals surface area contributed by atoms with Gasteiger partial charge in [-0.3, -0.25) is 0 Å². The van der Waals surface area contributed by atoms with Crippen molar-refractivity contribution in [3.63, 3.8) is 0 Å². The third-order valence-electron chi connectivity index (χ3n) is 2.84. The van der Waals surface area contributed by atoms with Crippen LogP contribution >= 0.6 is 0 Å². The molecule has 2 rings (SSSR count). The van der Waals surface area contributed by atoms with Gasteiger partial charge in [0.15, 0.2) is 9.84 Å². The SMILES string of the molecule is Cc1cc(OC(F)(F)F)ccc1S(=O)(=O)Cc1nncn1C. The fourth-order valence-electron chi connectivity index (χ4n) is 1.85. The Kier molecular flexibility index (Phi) is 4.14. The molecule has 1 heterocycles. The lowest BCUT2D eigenvalue weighted by atomic mass is 10.2. The highest BCUT2D eigenvalue weighted by molar-refractivity contribution is 7.90. The van der Waals surface area contributed by atoms with E-state index < -0.39 is 27.7 Å². The van der Waals surface area contributed by atoms with Gasteiger partial charge in [0.2, 0.25) is 0 Å². The van der Waals surface area contributed by atoms with Crippen LogP contribution in [0.4, 0.5) is 13.2 Å². The number of rotatable bonds is 4. The Morgan fingerprint density at radius 2 is 2.00 bits per heavy atom. The van der Waals surface area contributed by atoms with Gasteiger partial charge in [-0.05, 0) is 30.7 Å². The minimum Gasteiger partial charge on any atom is -0.406 e. The quantitative estimate of drug-likeness (QED) is 0.854. The minimum atomic E-state index is -4.83. The fraction of sp³-hybridized carbons (Fsp3) is 0.333. The van der Waals surface area contributed by atoms with Crippen molar-refractivity contribution in [2.75, 3.05) is 0 Å². The minimum absolute atomic E-state index is 0.0787. The fourth-order valence-corrected chi connectivity index (χ4v) is 3.44. The van der Waals surface area contributed by atoms with E-state index in [9.17, 15) is 21.6 Å². The van der Waals surface area contributed by atoms with E-state index in [4.69, 9.17) is 0 Å². The first-order valence-corrected chi connectivity index (χ1v) is 7.66. The summed E-state index contributed by atoms with van der Waals surface area (Å²) in [6, 6.07) is 3.07. The molecule has 120 valence electrons. The maximum absolute atomic E-state index is 12.3. The molecule has 0 fully saturated rings. The van der Waals surface area contributed by atoms with Crippen molar-refractivity contribution in [2.24, 2.45) is 7.05 Å². The number of aromatic nitrogens is 3. The molecule has 0 spiro atoms. The van der Waals surface area contributed by atoms with E-state index in [1.54, 1.807) is 7.05 Å². The predicted molar refractivity (Wildman–Crippen MR) is 69.8 cm³/mol. The summed E-state index contributed by atoms with van der Waals surface area (Å²) >= 11 is 0. The van der Waals surface area contributed by atoms with Crippen molar-refractivity contribution >= 4 is 9.84 Å². The van der Waals surface area contributed by atoms with Gasteiger partial charge in [-0.25, -0.2) is 8.42 Å². The van der Waals surface area contributed by atoms with Gasteiger partial charge in [0.1, 0.15) is 23.7 Å². The number of ether oxygens (including phenoxy) is 1. The van der Waals surface area contributed by atoms with E-state index in [0.717, 1.165) is 18.2 Å². The summed E-state index contributed by atoms with van der Waals surface area (Å²) in [7, 11) is -2.16. The average molecular weight is 335 g/mol. The Morgan fingerprint density at radius 1 is 1.32 bits per heavy atom. The number of halogens is 3. The maximum Gasteiger partial charge on any atom is 0.573 e. The zero-order chi connectivity index (χ0) is 16.5. The van der Waals surface area contributed by atoms with Gasteiger partial charge >= 0.3 is 6.36 Å². The van der Waals surface area contributed by atoms with Gasteiger partial charge in [0.25, 0.3) is 0 Å². The van der Waals surface area contributed by atoms with Gasteiger partial charge in [-0.2, -0.15) is 0 Å². The summed E-state index contributed by atoms with van der Waals surface area (Å²) in [4.78, 5) is -0.0787. The molecule has 0 bridgehead atoms. The maximum atomic E-state index is 12.3. The molecule has 1 aromatic carbocycles. The van der Waals surface area contributed by atoms with Crippen LogP contribution in [0.15, 0.2) is 29.4 Å². The highest BCUT2D eigenvalue weighted by Crippen LogP contribution is 2.27. The molecule has 0 saturated heterocycles. The number of sulfone groups is 1. The highest BCUT2D eigenvalue weighted by atomic mass is 32.2. The Bertz CT molecular complexity index is 784. The van der Waals surface area contributed by atoms with E-state index in [1.165, 1.54) is 17.8 Å². The van der Waals surface area contributed by atoms with E-state index in [2.05, 4.69) is 14.9 Å². The summed E-state index contributed by atoms with van der Waals surface area (Å²) < 4.78 is 66.3. The van der Waals surface area contributed by atoms with Crippen LogP contribution in [0.5, 0.6) is 5.75 Å². The molecular weight excluding hydrogens is 323 g/mol. The normalized spacial score (nSPS) is 12.4. The van der Waals surface area contributed by atoms with Gasteiger partial charge < -0.3 is 9.30 Å². The second-order valence-corrected chi connectivity index (χ2v) is 6.55. The van der Waals surface area contributed by atoms with Crippen LogP contribution in [-0.2, 0) is 22.6 Å². The summed E-state index contributed by atoms with van der Waals surface area (Å²) in [5.74, 6) is -0.637. The van der Waals surface area contributed by atoms with E-state index >= 15 is 0 Å². The molecule has 0 aliphatic heterocycles. The molecule has 0 atom stereocenters. The van der Waals surface area contributed by atoms with Crippen LogP contribution in [0, 0.1) is 6.92 Å². The van der Waals surface area contributed by atoms with Gasteiger partial charge in [-0.1, -0.05) is 0 Å². The van der Waals surface area contributed by atoms with Crippen LogP contribution in [0.1, 0.15) is 11.4 Å². The molecule has 22 heavy (non-hydrogen) atoms. The van der Waals surface area contributed by atoms with Crippen molar-refractivity contribution in [1.29, 1.82) is 0 Å². The molecule has 0 aliphatic rings. The van der Waals surface area contributed by atoms with Gasteiger partial charge in [0.05, 0.1) is 4.90 Å². The van der Waals surface area contributed by atoms with Crippen LogP contribution in [0.3, 0.4) is 0 Å². The van der Waals surface area contributed by atoms with E-state index in [0.29, 0.717) is 0 Å². The smallest absolute Gasteiger partial charge is 0.406 e. The third-order valence-corrected chi connectivity index (χ3v) is 4.61. The highest BCUT2D eigenvalue weighted by Gasteiger charge is 2.31. The molecule has 0 N–H and O–H groups in total. The van der Waals surface area contributed by atoms with E-state index in [-0.39, 0.29) is 16.3 Å². The van der Waals surface area contributed by atoms with Crippen molar-refractivity contribution in [1.82, 2.24) is 14.8 Å². The molecular formula is C12H12F3N3O3S. The third kappa shape index (κ3) is 3.75. The zero-order valence-electron chi connectivity index (χ0n) is 11.6. The second kappa shape index (κ2) is 5.59. The molecule has 10 heteroatoms. The molecule has 1 aromatic heterocycles.